The predicted octanol–water partition coefficient (Wildman–Crippen LogP) is 1.83. The summed E-state index contributed by atoms with van der Waals surface area (Å²) in [5.74, 6) is 0. The van der Waals surface area contributed by atoms with E-state index in [-0.39, 0.29) is 0 Å². The third-order valence-corrected chi connectivity index (χ3v) is 8.32. The van der Waals surface area contributed by atoms with Crippen LogP contribution in [0.1, 0.15) is 62.3 Å². The molecule has 1 rings (SSSR count). The molecule has 1 aliphatic rings. The molecule has 21 heteroatoms. The number of rotatable bonds is 17. The Kier molecular flexibility index (Phi) is 29.5. The molecule has 0 radical (unpaired) electrons. The van der Waals surface area contributed by atoms with Crippen LogP contribution in [-0.2, 0) is 36.7 Å². The molecule has 0 aromatic heterocycles. The Balaban J connectivity index is -0.000000710. The van der Waals surface area contributed by atoms with Crippen LogP contribution in [0.25, 0.3) is 0 Å². The van der Waals surface area contributed by atoms with Gasteiger partial charge < -0.3 is 58.6 Å². The summed E-state index contributed by atoms with van der Waals surface area (Å²) in [6.07, 6.45) is -9.50. The van der Waals surface area contributed by atoms with E-state index in [0.29, 0.717) is 0 Å². The van der Waals surface area contributed by atoms with Crippen LogP contribution < -0.4 is 0 Å². The van der Waals surface area contributed by atoms with Crippen LogP contribution in [0.5, 0.6) is 0 Å². The van der Waals surface area contributed by atoms with Crippen molar-refractivity contribution in [1.29, 1.82) is 0 Å². The summed E-state index contributed by atoms with van der Waals surface area (Å²) >= 11 is 0. The van der Waals surface area contributed by atoms with Crippen LogP contribution in [0, 0.1) is 0 Å². The van der Waals surface area contributed by atoms with Gasteiger partial charge in [-0.2, -0.15) is 0 Å². The molecule has 5 atom stereocenters. The summed E-state index contributed by atoms with van der Waals surface area (Å²) in [7, 11) is -14.5. The molecule has 1 heterocycles. The molecular formula is C25H62N3O15P3. The van der Waals surface area contributed by atoms with E-state index in [0.717, 1.165) is 7.11 Å². The van der Waals surface area contributed by atoms with Crippen LogP contribution in [0.2, 0.25) is 0 Å². The summed E-state index contributed by atoms with van der Waals surface area (Å²) in [5, 5.41) is 10.1. The van der Waals surface area contributed by atoms with Gasteiger partial charge in [-0.1, -0.05) is 62.3 Å². The Labute approximate surface area is 275 Å². The van der Waals surface area contributed by atoms with Crippen molar-refractivity contribution in [3.63, 3.8) is 0 Å². The average Bonchev–Trinajstić information content (AvgIpc) is 2.97. The Morgan fingerprint density at radius 2 is 0.870 bits per heavy atom. The quantitative estimate of drug-likeness (QED) is 0.105. The first-order chi connectivity index (χ1) is 21.2. The van der Waals surface area contributed by atoms with Gasteiger partial charge in [-0.25, -0.2) is 13.7 Å². The van der Waals surface area contributed by atoms with Crippen molar-refractivity contribution in [2.24, 2.45) is 0 Å². The first kappa shape index (κ1) is 50.5. The van der Waals surface area contributed by atoms with Gasteiger partial charge in [0.05, 0.1) is 6.61 Å². The zero-order chi connectivity index (χ0) is 36.7. The van der Waals surface area contributed by atoms with Crippen LogP contribution in [0.3, 0.4) is 0 Å². The van der Waals surface area contributed by atoms with E-state index < -0.39 is 60.8 Å². The smallest absolute Gasteiger partial charge is 0.387 e. The van der Waals surface area contributed by atoms with Crippen molar-refractivity contribution in [3.05, 3.63) is 0 Å². The summed E-state index contributed by atoms with van der Waals surface area (Å²) in [5.41, 5.74) is 0. The molecule has 0 aromatic rings. The molecule has 0 amide bonds. The van der Waals surface area contributed by atoms with Gasteiger partial charge >= 0.3 is 23.5 Å². The SMILES string of the molecule is CCN(CC)CC.CCN(CC)CC.CCN(CC)CC.CO[C@@H]1O[C@@H](COP(=O)(O)O)[C@H](OP(=O)(O)O)[C@@H](O)[C@@H]1OP(=O)(O)O. The zero-order valence-electron chi connectivity index (χ0n) is 29.0. The highest BCUT2D eigenvalue weighted by Crippen LogP contribution is 2.46. The molecule has 7 N–H and O–H groups in total. The van der Waals surface area contributed by atoms with Crippen molar-refractivity contribution < 1.29 is 71.2 Å². The fraction of sp³-hybridized carbons (Fsp3) is 1.00. The molecule has 1 saturated heterocycles. The van der Waals surface area contributed by atoms with Crippen molar-refractivity contribution in [2.75, 3.05) is 72.6 Å². The standard InChI is InChI=1S/C7H17O15P3.3C6H15N/c1-18-7-6(22-25(15,16)17)4(8)5(21-24(12,13)14)3(20-7)2-19-23(9,10)11;3*1-4-7(5-2)6-3/h3-8H,2H2,1H3,(H2,9,10,11)(H2,12,13,14)(H2,15,16,17);3*4-6H2,1-3H3/t3-,4+,5-,6-,7+;;;/m0.../s1. The summed E-state index contributed by atoms with van der Waals surface area (Å²) < 4.78 is 55.2. The Hall–Kier alpha value is 0.0900. The van der Waals surface area contributed by atoms with E-state index in [1.165, 1.54) is 58.9 Å². The molecule has 0 aliphatic carbocycles. The molecule has 0 bridgehead atoms. The lowest BCUT2D eigenvalue weighted by Crippen LogP contribution is -2.60. The number of hydrogen-bond donors (Lipinski definition) is 7. The van der Waals surface area contributed by atoms with Gasteiger partial charge in [-0.15, -0.1) is 0 Å². The Bertz CT molecular complexity index is 818. The molecule has 282 valence electrons. The van der Waals surface area contributed by atoms with Crippen molar-refractivity contribution in [1.82, 2.24) is 14.7 Å². The number of hydrogen-bond acceptors (Lipinski definition) is 12. The second-order valence-electron chi connectivity index (χ2n) is 9.54. The van der Waals surface area contributed by atoms with Crippen LogP contribution in [0.4, 0.5) is 0 Å². The minimum Gasteiger partial charge on any atom is -0.387 e. The largest absolute Gasteiger partial charge is 0.470 e. The lowest BCUT2D eigenvalue weighted by atomic mass is 9.99. The van der Waals surface area contributed by atoms with E-state index in [4.69, 9.17) is 38.8 Å². The molecule has 0 saturated carbocycles. The highest BCUT2D eigenvalue weighted by Gasteiger charge is 2.51. The fourth-order valence-electron chi connectivity index (χ4n) is 3.96. The predicted molar refractivity (Wildman–Crippen MR) is 174 cm³/mol. The van der Waals surface area contributed by atoms with Gasteiger partial charge in [-0.3, -0.25) is 13.6 Å². The van der Waals surface area contributed by atoms with Crippen LogP contribution in [-0.4, -0.2) is 152 Å². The molecule has 46 heavy (non-hydrogen) atoms. The number of aliphatic hydroxyl groups is 1. The van der Waals surface area contributed by atoms with Crippen molar-refractivity contribution in [3.8, 4) is 0 Å². The number of ether oxygens (including phenoxy) is 2. The maximum Gasteiger partial charge on any atom is 0.470 e. The number of phosphoric ester groups is 3. The van der Waals surface area contributed by atoms with Crippen molar-refractivity contribution in [2.45, 2.75) is 93.0 Å². The van der Waals surface area contributed by atoms with E-state index >= 15 is 0 Å². The third-order valence-electron chi connectivity index (χ3n) is 6.80. The molecule has 1 aliphatic heterocycles. The van der Waals surface area contributed by atoms with E-state index in [1.54, 1.807) is 0 Å². The second kappa shape index (κ2) is 26.9. The second-order valence-corrected chi connectivity index (χ2v) is 13.2. The van der Waals surface area contributed by atoms with E-state index in [9.17, 15) is 18.8 Å². The maximum absolute atomic E-state index is 11.0. The van der Waals surface area contributed by atoms with Gasteiger partial charge in [0.25, 0.3) is 0 Å². The lowest BCUT2D eigenvalue weighted by Gasteiger charge is -2.42. The number of methoxy groups -OCH3 is 1. The number of phosphoric acid groups is 3. The number of nitrogens with zero attached hydrogens (tertiary/aromatic N) is 3. The Morgan fingerprint density at radius 3 is 1.09 bits per heavy atom. The van der Waals surface area contributed by atoms with Crippen LogP contribution in [0.15, 0.2) is 0 Å². The minimum atomic E-state index is -5.26. The summed E-state index contributed by atoms with van der Waals surface area (Å²) in [4.78, 5) is 59.9. The number of aliphatic hydroxyl groups excluding tert-OH is 1. The summed E-state index contributed by atoms with van der Waals surface area (Å²) in [6, 6.07) is 0. The van der Waals surface area contributed by atoms with Gasteiger partial charge in [-0.05, 0) is 58.9 Å². The van der Waals surface area contributed by atoms with E-state index in [2.05, 4.69) is 90.6 Å². The van der Waals surface area contributed by atoms with Gasteiger partial charge in [0.15, 0.2) is 6.29 Å². The fourth-order valence-corrected chi connectivity index (χ4v) is 5.42. The monoisotopic (exact) mass is 737 g/mol. The topological polar surface area (TPSA) is 249 Å². The maximum atomic E-state index is 11.0. The summed E-state index contributed by atoms with van der Waals surface area (Å²) in [6.45, 7) is 29.4. The first-order valence-corrected chi connectivity index (χ1v) is 20.0. The Morgan fingerprint density at radius 1 is 0.565 bits per heavy atom. The molecule has 1 fully saturated rings. The van der Waals surface area contributed by atoms with Gasteiger partial charge in [0.2, 0.25) is 0 Å². The lowest BCUT2D eigenvalue weighted by molar-refractivity contribution is -0.287. The van der Waals surface area contributed by atoms with E-state index in [1.807, 2.05) is 0 Å². The van der Waals surface area contributed by atoms with Crippen LogP contribution >= 0.6 is 23.5 Å². The molecule has 0 unspecified atom stereocenters. The molecule has 0 spiro atoms. The molecule has 0 aromatic carbocycles. The minimum absolute atomic E-state index is 0.985. The third kappa shape index (κ3) is 26.0. The normalized spacial score (nSPS) is 22.0. The highest BCUT2D eigenvalue weighted by molar-refractivity contribution is 7.46. The van der Waals surface area contributed by atoms with Gasteiger partial charge in [0.1, 0.15) is 24.4 Å². The molecule has 18 nitrogen and oxygen atoms in total. The van der Waals surface area contributed by atoms with Gasteiger partial charge in [0, 0.05) is 7.11 Å². The van der Waals surface area contributed by atoms with Crippen molar-refractivity contribution >= 4 is 23.5 Å². The highest BCUT2D eigenvalue weighted by atomic mass is 31.2. The first-order valence-electron chi connectivity index (χ1n) is 15.4. The zero-order valence-corrected chi connectivity index (χ0v) is 31.7. The molecular weight excluding hydrogens is 675 g/mol. The average molecular weight is 738 g/mol.